The van der Waals surface area contributed by atoms with Crippen LogP contribution in [0.3, 0.4) is 0 Å². The number of piperidine rings is 2. The Labute approximate surface area is 147 Å². The molecule has 0 radical (unpaired) electrons. The molecule has 23 heavy (non-hydrogen) atoms. The van der Waals surface area contributed by atoms with Crippen LogP contribution in [0.15, 0.2) is 24.3 Å². The highest BCUT2D eigenvalue weighted by atomic mass is 16.2. The fourth-order valence-corrected chi connectivity index (χ4v) is 3.16. The fraction of sp³-hybridized carbons (Fsp3) is 0.556. The van der Waals surface area contributed by atoms with Gasteiger partial charge in [0.1, 0.15) is 0 Å². The first-order valence-electron chi connectivity index (χ1n) is 11.6. The van der Waals surface area contributed by atoms with E-state index in [1.54, 1.807) is 23.9 Å². The predicted molar refractivity (Wildman–Crippen MR) is 90.4 cm³/mol. The van der Waals surface area contributed by atoms with Crippen molar-refractivity contribution >= 4 is 16.8 Å². The largest absolute Gasteiger partial charge is 0.348 e. The summed E-state index contributed by atoms with van der Waals surface area (Å²) in [4.78, 5) is 14.0. The Kier molecular flexibility index (Phi) is 2.03. The first-order valence-corrected chi connectivity index (χ1v) is 7.58. The Bertz CT molecular complexity index is 1040. The van der Waals surface area contributed by atoms with Crippen molar-refractivity contribution < 1.29 is 15.8 Å². The van der Waals surface area contributed by atoms with Crippen LogP contribution < -0.4 is 5.32 Å². The maximum atomic E-state index is 13.0. The van der Waals surface area contributed by atoms with Crippen molar-refractivity contribution in [2.24, 2.45) is 7.05 Å². The molecular weight excluding hydrogens is 288 g/mol. The van der Waals surface area contributed by atoms with Crippen LogP contribution in [0, 0.1) is 0 Å². The Morgan fingerprint density at radius 3 is 2.74 bits per heavy atom. The van der Waals surface area contributed by atoms with Crippen molar-refractivity contribution in [1.29, 1.82) is 0 Å². The van der Waals surface area contributed by atoms with Crippen LogP contribution in [0.1, 0.15) is 53.4 Å². The lowest BCUT2D eigenvalue weighted by molar-refractivity contribution is 0.0462. The topological polar surface area (TPSA) is 50.2 Å². The normalized spacial score (nSPS) is 46.1. The van der Waals surface area contributed by atoms with Crippen LogP contribution in [0.5, 0.6) is 0 Å². The minimum atomic E-state index is -3.08. The lowest BCUT2D eigenvalue weighted by Crippen LogP contribution is -2.55. The molecule has 0 spiro atoms. The van der Waals surface area contributed by atoms with E-state index in [9.17, 15) is 4.79 Å². The zero-order valence-corrected chi connectivity index (χ0v) is 13.1. The molecule has 2 aliphatic rings. The number of para-hydroxylation sites is 1. The number of benzene rings is 1. The highest BCUT2D eigenvalue weighted by molar-refractivity contribution is 6.04. The van der Waals surface area contributed by atoms with Gasteiger partial charge in [0, 0.05) is 41.5 Å². The number of carbonyl (C=O) groups excluding carboxylic acids is 1. The van der Waals surface area contributed by atoms with Crippen molar-refractivity contribution in [1.82, 2.24) is 20.0 Å². The third-order valence-corrected chi connectivity index (χ3v) is 4.41. The van der Waals surface area contributed by atoms with E-state index in [-0.39, 0.29) is 18.5 Å². The molecule has 3 heterocycles. The van der Waals surface area contributed by atoms with Gasteiger partial charge in [0.25, 0.3) is 5.91 Å². The van der Waals surface area contributed by atoms with E-state index in [0.717, 1.165) is 10.4 Å². The molecule has 2 aliphatic heterocycles. The Hall–Kier alpha value is -1.88. The summed E-state index contributed by atoms with van der Waals surface area (Å²) in [6, 6.07) is 1.70. The summed E-state index contributed by atoms with van der Waals surface area (Å²) in [5.41, 5.74) is 0.879. The lowest BCUT2D eigenvalue weighted by Gasteiger charge is -2.47. The van der Waals surface area contributed by atoms with Gasteiger partial charge in [0.05, 0.1) is 5.52 Å². The molecule has 2 bridgehead atoms. The second-order valence-electron chi connectivity index (χ2n) is 5.90. The summed E-state index contributed by atoms with van der Waals surface area (Å²) in [5.74, 6) is -0.569. The van der Waals surface area contributed by atoms with Crippen LogP contribution in [0.2, 0.25) is 0 Å². The molecule has 2 fully saturated rings. The third-order valence-electron chi connectivity index (χ3n) is 4.41. The van der Waals surface area contributed by atoms with Gasteiger partial charge in [-0.2, -0.15) is 5.10 Å². The molecule has 1 N–H and O–H groups in total. The van der Waals surface area contributed by atoms with Crippen LogP contribution in [0.25, 0.3) is 10.9 Å². The molecule has 122 valence electrons. The zero-order chi connectivity index (χ0) is 23.2. The van der Waals surface area contributed by atoms with E-state index in [1.807, 2.05) is 12.1 Å². The van der Waals surface area contributed by atoms with Crippen molar-refractivity contribution in [3.8, 4) is 0 Å². The van der Waals surface area contributed by atoms with E-state index < -0.39 is 43.1 Å². The molecule has 2 aromatic rings. The van der Waals surface area contributed by atoms with Gasteiger partial charge in [0.2, 0.25) is 0 Å². The van der Waals surface area contributed by atoms with Gasteiger partial charge >= 0.3 is 0 Å². The fourth-order valence-electron chi connectivity index (χ4n) is 3.16. The average molecular weight is 320 g/mol. The number of nitrogens with zero attached hydrogens (tertiary/aromatic N) is 3. The Balaban J connectivity index is 1.72. The number of hydrogen-bond acceptors (Lipinski definition) is 3. The molecule has 1 aromatic heterocycles. The number of nitrogens with one attached hydrogen (secondary N) is 1. The molecule has 1 unspecified atom stereocenters. The summed E-state index contributed by atoms with van der Waals surface area (Å²) in [5, 5.41) is 7.57. The van der Waals surface area contributed by atoms with Crippen LogP contribution in [-0.4, -0.2) is 45.7 Å². The number of amides is 1. The highest BCUT2D eigenvalue weighted by Crippen LogP contribution is 2.32. The van der Waals surface area contributed by atoms with Crippen molar-refractivity contribution in [2.45, 2.75) is 50.0 Å². The van der Waals surface area contributed by atoms with E-state index in [2.05, 4.69) is 10.4 Å². The summed E-state index contributed by atoms with van der Waals surface area (Å²) in [7, 11) is 2.97. The molecule has 1 aromatic carbocycles. The van der Waals surface area contributed by atoms with Crippen LogP contribution >= 0.6 is 0 Å². The van der Waals surface area contributed by atoms with Gasteiger partial charge < -0.3 is 10.2 Å². The van der Waals surface area contributed by atoms with Gasteiger partial charge in [-0.3, -0.25) is 9.48 Å². The summed E-state index contributed by atoms with van der Waals surface area (Å²) in [6.07, 6.45) is -9.57. The predicted octanol–water partition coefficient (Wildman–Crippen LogP) is 2.32. The quantitative estimate of drug-likeness (QED) is 0.924. The summed E-state index contributed by atoms with van der Waals surface area (Å²) in [6.45, 7) is 0. The number of hydrogen-bond donors (Lipinski definition) is 1. The summed E-state index contributed by atoms with van der Waals surface area (Å²) < 4.78 is 68.8. The molecule has 2 saturated heterocycles. The van der Waals surface area contributed by atoms with Crippen molar-refractivity contribution in [3.05, 3.63) is 30.0 Å². The highest BCUT2D eigenvalue weighted by Gasteiger charge is 2.36. The van der Waals surface area contributed by atoms with Gasteiger partial charge in [-0.15, -0.1) is 0 Å². The van der Waals surface area contributed by atoms with E-state index in [1.165, 1.54) is 7.05 Å². The third kappa shape index (κ3) is 2.53. The minimum absolute atomic E-state index is 0.140. The minimum Gasteiger partial charge on any atom is -0.348 e. The Morgan fingerprint density at radius 2 is 2.00 bits per heavy atom. The van der Waals surface area contributed by atoms with Crippen molar-refractivity contribution in [3.63, 3.8) is 0 Å². The second kappa shape index (κ2) is 5.64. The van der Waals surface area contributed by atoms with Gasteiger partial charge in [-0.25, -0.2) is 0 Å². The number of fused-ring (bicyclic) bond motifs is 3. The molecule has 5 heteroatoms. The van der Waals surface area contributed by atoms with Crippen LogP contribution in [0.4, 0.5) is 0 Å². The Morgan fingerprint density at radius 1 is 1.30 bits per heavy atom. The molecule has 5 nitrogen and oxygen atoms in total. The SMILES string of the molecule is [2H]C1([2H])C([2H])([2H])[C@@]2([2H])CC(NC(=O)c3nn(C)c4ccccc34)C[C@]([2H])(N2C)C1([2H])[2H]. The lowest BCUT2D eigenvalue weighted by atomic mass is 9.82. The smallest absolute Gasteiger partial charge is 0.272 e. The first kappa shape index (κ1) is 8.29. The number of aryl methyl sites for hydroxylation is 1. The monoisotopic (exact) mass is 320 g/mol. The summed E-state index contributed by atoms with van der Waals surface area (Å²) >= 11 is 0. The average Bonchev–Trinajstić information content (AvgIpc) is 3.02. The number of rotatable bonds is 2. The second-order valence-corrected chi connectivity index (χ2v) is 5.90. The van der Waals surface area contributed by atoms with Gasteiger partial charge in [-0.05, 0) is 38.7 Å². The number of carbonyl (C=O) groups is 1. The van der Waals surface area contributed by atoms with Gasteiger partial charge in [-0.1, -0.05) is 24.6 Å². The molecule has 1 amide bonds. The molecule has 4 rings (SSSR count). The first-order chi connectivity index (χ1) is 14.1. The molecule has 3 atom stereocenters. The van der Waals surface area contributed by atoms with E-state index in [4.69, 9.17) is 11.0 Å². The van der Waals surface area contributed by atoms with Crippen molar-refractivity contribution in [2.75, 3.05) is 7.05 Å². The number of aromatic nitrogens is 2. The maximum absolute atomic E-state index is 13.0. The molecule has 0 aliphatic carbocycles. The van der Waals surface area contributed by atoms with Gasteiger partial charge in [0.15, 0.2) is 5.69 Å². The molecular formula is C18H24N4O. The molecule has 0 saturated carbocycles. The van der Waals surface area contributed by atoms with E-state index >= 15 is 0 Å². The zero-order valence-electron chi connectivity index (χ0n) is 21.1. The van der Waals surface area contributed by atoms with Crippen LogP contribution in [-0.2, 0) is 7.05 Å². The standard InChI is InChI=1S/C18H24N4O/c1-21-13-6-5-7-14(21)11-12(10-13)19-18(23)17-15-8-3-4-9-16(15)22(2)20-17/h3-4,8-9,12-14H,5-7,10-11H2,1-2H3,(H,19,23)/t12?,13-,14+/i5D2,6D2,7D2,13D,14D. The maximum Gasteiger partial charge on any atom is 0.272 e. The van der Waals surface area contributed by atoms with E-state index in [0.29, 0.717) is 5.39 Å².